The number of fused-ring (bicyclic) bond motifs is 1. The van der Waals surface area contributed by atoms with Crippen molar-refractivity contribution in [2.75, 3.05) is 26.8 Å². The predicted molar refractivity (Wildman–Crippen MR) is 101 cm³/mol. The van der Waals surface area contributed by atoms with Crippen LogP contribution in [0.1, 0.15) is 25.0 Å². The Kier molecular flexibility index (Phi) is 6.85. The smallest absolute Gasteiger partial charge is 0.340 e. The zero-order valence-electron chi connectivity index (χ0n) is 15.8. The zero-order chi connectivity index (χ0) is 20.1. The summed E-state index contributed by atoms with van der Waals surface area (Å²) in [6, 6.07) is 3.07. The second kappa shape index (κ2) is 8.90. The molecule has 0 fully saturated rings. The van der Waals surface area contributed by atoms with E-state index in [1.807, 2.05) is 13.8 Å². The summed E-state index contributed by atoms with van der Waals surface area (Å²) in [7, 11) is 1.25. The molecule has 0 saturated carbocycles. The van der Waals surface area contributed by atoms with Crippen LogP contribution in [0, 0.1) is 6.92 Å². The van der Waals surface area contributed by atoms with E-state index >= 15 is 0 Å². The van der Waals surface area contributed by atoms with Gasteiger partial charge in [0, 0.05) is 24.5 Å². The SMILES string of the molecule is CCN(CC)C(=O)COc1cc2oc(=O)c(CC(=O)OC)c(C)c2cc1Cl. The van der Waals surface area contributed by atoms with Gasteiger partial charge in [0.2, 0.25) is 0 Å². The molecule has 8 heteroatoms. The van der Waals surface area contributed by atoms with Gasteiger partial charge in [-0.1, -0.05) is 11.6 Å². The largest absolute Gasteiger partial charge is 0.482 e. The highest BCUT2D eigenvalue weighted by Gasteiger charge is 2.18. The lowest BCUT2D eigenvalue weighted by Crippen LogP contribution is -2.34. The lowest BCUT2D eigenvalue weighted by atomic mass is 10.0. The standard InChI is InChI=1S/C19H22ClNO6/c1-5-21(6-2)17(22)10-26-16-9-15-12(7-14(16)20)11(3)13(19(24)27-15)8-18(23)25-4/h7,9H,5-6,8,10H2,1-4H3. The minimum atomic E-state index is -0.627. The third-order valence-corrected chi connectivity index (χ3v) is 4.65. The number of likely N-dealkylation sites (N-methyl/N-ethyl adjacent to an activating group) is 1. The lowest BCUT2D eigenvalue weighted by Gasteiger charge is -2.19. The second-order valence-corrected chi connectivity index (χ2v) is 6.29. The fraction of sp³-hybridized carbons (Fsp3) is 0.421. The van der Waals surface area contributed by atoms with Crippen LogP contribution in [0.25, 0.3) is 11.0 Å². The number of halogens is 1. The van der Waals surface area contributed by atoms with Crippen molar-refractivity contribution in [1.82, 2.24) is 4.90 Å². The van der Waals surface area contributed by atoms with Crippen LogP contribution in [0.3, 0.4) is 0 Å². The predicted octanol–water partition coefficient (Wildman–Crippen LogP) is 2.72. The van der Waals surface area contributed by atoms with Crippen LogP contribution in [0.15, 0.2) is 21.3 Å². The monoisotopic (exact) mass is 395 g/mol. The fourth-order valence-electron chi connectivity index (χ4n) is 2.73. The third-order valence-electron chi connectivity index (χ3n) is 4.36. The molecular weight excluding hydrogens is 374 g/mol. The summed E-state index contributed by atoms with van der Waals surface area (Å²) in [5.41, 5.74) is 0.439. The molecule has 27 heavy (non-hydrogen) atoms. The van der Waals surface area contributed by atoms with Crippen molar-refractivity contribution >= 4 is 34.4 Å². The quantitative estimate of drug-likeness (QED) is 0.529. The summed E-state index contributed by atoms with van der Waals surface area (Å²) in [5, 5.41) is 0.858. The maximum atomic E-state index is 12.2. The van der Waals surface area contributed by atoms with Crippen molar-refractivity contribution < 1.29 is 23.5 Å². The first-order valence-electron chi connectivity index (χ1n) is 8.55. The van der Waals surface area contributed by atoms with E-state index in [9.17, 15) is 14.4 Å². The van der Waals surface area contributed by atoms with Crippen LogP contribution in [-0.4, -0.2) is 43.6 Å². The average Bonchev–Trinajstić information content (AvgIpc) is 2.65. The number of carbonyl (C=O) groups is 2. The van der Waals surface area contributed by atoms with Crippen molar-refractivity contribution in [1.29, 1.82) is 0 Å². The van der Waals surface area contributed by atoms with Gasteiger partial charge in [-0.05, 0) is 32.4 Å². The van der Waals surface area contributed by atoms with Gasteiger partial charge in [0.15, 0.2) is 6.61 Å². The normalized spacial score (nSPS) is 10.7. The molecule has 0 N–H and O–H groups in total. The lowest BCUT2D eigenvalue weighted by molar-refractivity contribution is -0.139. The number of carbonyl (C=O) groups excluding carboxylic acids is 2. The van der Waals surface area contributed by atoms with Gasteiger partial charge in [-0.2, -0.15) is 0 Å². The summed E-state index contributed by atoms with van der Waals surface area (Å²) >= 11 is 6.27. The van der Waals surface area contributed by atoms with E-state index in [4.69, 9.17) is 20.8 Å². The number of methoxy groups -OCH3 is 1. The topological polar surface area (TPSA) is 86.1 Å². The summed E-state index contributed by atoms with van der Waals surface area (Å²) in [6.07, 6.45) is -0.186. The van der Waals surface area contributed by atoms with Gasteiger partial charge in [-0.3, -0.25) is 9.59 Å². The van der Waals surface area contributed by atoms with Gasteiger partial charge in [0.1, 0.15) is 11.3 Å². The Balaban J connectivity index is 2.36. The first kappa shape index (κ1) is 20.8. The molecule has 0 spiro atoms. The van der Waals surface area contributed by atoms with Crippen LogP contribution >= 0.6 is 11.6 Å². The molecule has 0 atom stereocenters. The Morgan fingerprint density at radius 3 is 2.48 bits per heavy atom. The Morgan fingerprint density at radius 2 is 1.89 bits per heavy atom. The molecule has 1 aromatic heterocycles. The van der Waals surface area contributed by atoms with E-state index in [2.05, 4.69) is 4.74 Å². The third kappa shape index (κ3) is 4.60. The highest BCUT2D eigenvalue weighted by molar-refractivity contribution is 6.32. The molecule has 0 aliphatic carbocycles. The fourth-order valence-corrected chi connectivity index (χ4v) is 2.95. The van der Waals surface area contributed by atoms with Gasteiger partial charge in [-0.25, -0.2) is 4.79 Å². The first-order chi connectivity index (χ1) is 12.8. The summed E-state index contributed by atoms with van der Waals surface area (Å²) < 4.78 is 15.4. The number of ether oxygens (including phenoxy) is 2. The summed E-state index contributed by atoms with van der Waals surface area (Å²) in [5.74, 6) is -0.458. The number of hydrogen-bond donors (Lipinski definition) is 0. The van der Waals surface area contributed by atoms with Crippen molar-refractivity contribution in [3.8, 4) is 5.75 Å². The minimum Gasteiger partial charge on any atom is -0.482 e. The van der Waals surface area contributed by atoms with Crippen LogP contribution in [0.5, 0.6) is 5.75 Å². The molecule has 146 valence electrons. The average molecular weight is 396 g/mol. The number of amides is 1. The Bertz CT molecular complexity index is 917. The first-order valence-corrected chi connectivity index (χ1v) is 8.93. The Labute approximate surface area is 161 Å². The molecule has 1 heterocycles. The van der Waals surface area contributed by atoms with Gasteiger partial charge >= 0.3 is 11.6 Å². The van der Waals surface area contributed by atoms with Crippen molar-refractivity contribution in [3.63, 3.8) is 0 Å². The number of hydrogen-bond acceptors (Lipinski definition) is 6. The number of benzene rings is 1. The minimum absolute atomic E-state index is 0.165. The van der Waals surface area contributed by atoms with E-state index < -0.39 is 11.6 Å². The van der Waals surface area contributed by atoms with Crippen LogP contribution in [0.2, 0.25) is 5.02 Å². The molecule has 0 unspecified atom stereocenters. The van der Waals surface area contributed by atoms with Crippen LogP contribution in [0.4, 0.5) is 0 Å². The Morgan fingerprint density at radius 1 is 1.22 bits per heavy atom. The maximum absolute atomic E-state index is 12.2. The molecule has 1 aromatic carbocycles. The highest BCUT2D eigenvalue weighted by atomic mass is 35.5. The van der Waals surface area contributed by atoms with Gasteiger partial charge in [-0.15, -0.1) is 0 Å². The van der Waals surface area contributed by atoms with Crippen LogP contribution < -0.4 is 10.4 Å². The van der Waals surface area contributed by atoms with E-state index in [-0.39, 0.29) is 40.9 Å². The number of aryl methyl sites for hydroxylation is 1. The maximum Gasteiger partial charge on any atom is 0.340 e. The molecule has 2 aromatic rings. The van der Waals surface area contributed by atoms with Gasteiger partial charge < -0.3 is 18.8 Å². The van der Waals surface area contributed by atoms with Crippen molar-refractivity contribution in [2.24, 2.45) is 0 Å². The molecule has 2 rings (SSSR count). The number of rotatable bonds is 7. The molecule has 1 amide bonds. The zero-order valence-corrected chi connectivity index (χ0v) is 16.5. The molecular formula is C19H22ClNO6. The molecule has 0 aliphatic heterocycles. The highest BCUT2D eigenvalue weighted by Crippen LogP contribution is 2.32. The van der Waals surface area contributed by atoms with Gasteiger partial charge in [0.05, 0.1) is 24.1 Å². The summed E-state index contributed by atoms with van der Waals surface area (Å²) in [6.45, 7) is 6.47. The van der Waals surface area contributed by atoms with Crippen molar-refractivity contribution in [3.05, 3.63) is 38.7 Å². The molecule has 0 radical (unpaired) electrons. The second-order valence-electron chi connectivity index (χ2n) is 5.88. The molecule has 0 bridgehead atoms. The van der Waals surface area contributed by atoms with E-state index in [1.165, 1.54) is 13.2 Å². The van der Waals surface area contributed by atoms with Crippen LogP contribution in [-0.2, 0) is 20.7 Å². The number of nitrogens with zero attached hydrogens (tertiary/aromatic N) is 1. The van der Waals surface area contributed by atoms with E-state index in [0.29, 0.717) is 24.0 Å². The van der Waals surface area contributed by atoms with Gasteiger partial charge in [0.25, 0.3) is 5.91 Å². The van der Waals surface area contributed by atoms with Crippen molar-refractivity contribution in [2.45, 2.75) is 27.2 Å². The van der Waals surface area contributed by atoms with E-state index in [0.717, 1.165) is 0 Å². The van der Waals surface area contributed by atoms with E-state index in [1.54, 1.807) is 17.9 Å². The molecule has 7 nitrogen and oxygen atoms in total. The molecule has 0 saturated heterocycles. The number of esters is 1. The molecule has 0 aliphatic rings. The summed E-state index contributed by atoms with van der Waals surface area (Å²) in [4.78, 5) is 37.5. The Hall–Kier alpha value is -2.54.